The Kier molecular flexibility index (Phi) is 5.90. The van der Waals surface area contributed by atoms with Crippen LogP contribution < -0.4 is 16.2 Å². The summed E-state index contributed by atoms with van der Waals surface area (Å²) in [4.78, 5) is 45.1. The quantitative estimate of drug-likeness (QED) is 0.419. The number of aromatic amines is 1. The van der Waals surface area contributed by atoms with Crippen LogP contribution in [0.25, 0.3) is 0 Å². The van der Waals surface area contributed by atoms with Crippen LogP contribution in [0, 0.1) is 13.8 Å². The molecule has 3 N–H and O–H groups in total. The van der Waals surface area contributed by atoms with Gasteiger partial charge in [0.1, 0.15) is 5.82 Å². The highest BCUT2D eigenvalue weighted by atomic mass is 32.2. The summed E-state index contributed by atoms with van der Waals surface area (Å²) >= 11 is 1.37. The number of hydrogen-bond acceptors (Lipinski definition) is 5. The fourth-order valence-electron chi connectivity index (χ4n) is 3.43. The molecule has 2 heterocycles. The van der Waals surface area contributed by atoms with E-state index in [1.807, 2.05) is 50.2 Å². The van der Waals surface area contributed by atoms with Crippen molar-refractivity contribution in [2.45, 2.75) is 37.1 Å². The summed E-state index contributed by atoms with van der Waals surface area (Å²) in [5.41, 5.74) is 3.73. The van der Waals surface area contributed by atoms with E-state index in [2.05, 4.69) is 20.6 Å². The molecule has 0 spiro atoms. The van der Waals surface area contributed by atoms with Gasteiger partial charge in [-0.25, -0.2) is 4.98 Å². The molecule has 0 saturated heterocycles. The van der Waals surface area contributed by atoms with E-state index in [0.717, 1.165) is 16.7 Å². The highest BCUT2D eigenvalue weighted by molar-refractivity contribution is 7.98. The molecule has 1 atom stereocenters. The summed E-state index contributed by atoms with van der Waals surface area (Å²) in [7, 11) is 0. The zero-order valence-electron chi connectivity index (χ0n) is 17.2. The number of carbonyl (C=O) groups is 2. The molecule has 4 rings (SSSR count). The summed E-state index contributed by atoms with van der Waals surface area (Å²) in [6.45, 7) is 3.98. The summed E-state index contributed by atoms with van der Waals surface area (Å²) in [5, 5.41) is 5.83. The first-order valence-corrected chi connectivity index (χ1v) is 10.9. The van der Waals surface area contributed by atoms with E-state index < -0.39 is 17.4 Å². The van der Waals surface area contributed by atoms with Crippen LogP contribution in [0.2, 0.25) is 0 Å². The molecule has 158 valence electrons. The van der Waals surface area contributed by atoms with Gasteiger partial charge in [0.15, 0.2) is 5.16 Å². The van der Waals surface area contributed by atoms with E-state index in [0.29, 0.717) is 16.6 Å². The standard InChI is InChI=1S/C23H22N4O3S/c1-13-7-9-16(10-8-13)24-21(29)17-11-18(28)25-20-19(17)22(30)27-23(26-20)31-12-15-6-4-3-5-14(15)2/h3-10,17H,11-12H2,1-2H3,(H,24,29)(H2,25,26,27,28,30)/t17-/m0/s1. The fourth-order valence-corrected chi connectivity index (χ4v) is 4.36. The van der Waals surface area contributed by atoms with Gasteiger partial charge in [-0.1, -0.05) is 53.7 Å². The molecule has 0 radical (unpaired) electrons. The van der Waals surface area contributed by atoms with Gasteiger partial charge in [-0.3, -0.25) is 14.4 Å². The molecule has 8 heteroatoms. The first-order chi connectivity index (χ1) is 14.9. The number of amides is 2. The van der Waals surface area contributed by atoms with Crippen LogP contribution in [0.3, 0.4) is 0 Å². The maximum absolute atomic E-state index is 12.9. The lowest BCUT2D eigenvalue weighted by Crippen LogP contribution is -2.36. The molecule has 31 heavy (non-hydrogen) atoms. The van der Waals surface area contributed by atoms with Gasteiger partial charge in [-0.2, -0.15) is 0 Å². The van der Waals surface area contributed by atoms with Crippen molar-refractivity contribution >= 4 is 35.1 Å². The van der Waals surface area contributed by atoms with Crippen molar-refractivity contribution in [2.24, 2.45) is 0 Å². The highest BCUT2D eigenvalue weighted by Gasteiger charge is 2.34. The molecule has 7 nitrogen and oxygen atoms in total. The van der Waals surface area contributed by atoms with Gasteiger partial charge < -0.3 is 15.6 Å². The molecule has 1 aromatic heterocycles. The van der Waals surface area contributed by atoms with E-state index in [9.17, 15) is 14.4 Å². The molecule has 0 fully saturated rings. The van der Waals surface area contributed by atoms with Crippen LogP contribution in [0.4, 0.5) is 11.5 Å². The van der Waals surface area contributed by atoms with E-state index in [-0.39, 0.29) is 23.7 Å². The first kappa shape index (κ1) is 20.9. The lowest BCUT2D eigenvalue weighted by Gasteiger charge is -2.23. The molecule has 1 aliphatic rings. The lowest BCUT2D eigenvalue weighted by atomic mass is 9.92. The Labute approximate surface area is 183 Å². The summed E-state index contributed by atoms with van der Waals surface area (Å²) in [6, 6.07) is 15.3. The molecule has 0 aliphatic carbocycles. The zero-order chi connectivity index (χ0) is 22.0. The molecule has 0 saturated carbocycles. The molecule has 1 aliphatic heterocycles. The number of fused-ring (bicyclic) bond motifs is 1. The van der Waals surface area contributed by atoms with Crippen molar-refractivity contribution in [3.63, 3.8) is 0 Å². The van der Waals surface area contributed by atoms with Crippen LogP contribution in [-0.2, 0) is 15.3 Å². The number of H-pyrrole nitrogens is 1. The predicted octanol–water partition coefficient (Wildman–Crippen LogP) is 3.74. The number of nitrogens with zero attached hydrogens (tertiary/aromatic N) is 1. The van der Waals surface area contributed by atoms with Gasteiger partial charge in [-0.05, 0) is 37.1 Å². The number of thioether (sulfide) groups is 1. The minimum Gasteiger partial charge on any atom is -0.326 e. The molecule has 3 aromatic rings. The third-order valence-corrected chi connectivity index (χ3v) is 6.11. The van der Waals surface area contributed by atoms with Crippen molar-refractivity contribution in [3.05, 3.63) is 81.1 Å². The van der Waals surface area contributed by atoms with E-state index in [4.69, 9.17) is 0 Å². The number of anilines is 2. The number of benzene rings is 2. The number of carbonyl (C=O) groups excluding carboxylic acids is 2. The largest absolute Gasteiger partial charge is 0.326 e. The molecular weight excluding hydrogens is 412 g/mol. The van der Waals surface area contributed by atoms with Crippen LogP contribution in [-0.4, -0.2) is 21.8 Å². The van der Waals surface area contributed by atoms with E-state index >= 15 is 0 Å². The van der Waals surface area contributed by atoms with Crippen molar-refractivity contribution in [2.75, 3.05) is 10.6 Å². The third kappa shape index (κ3) is 4.69. The summed E-state index contributed by atoms with van der Waals surface area (Å²) < 4.78 is 0. The first-order valence-electron chi connectivity index (χ1n) is 9.89. The topological polar surface area (TPSA) is 104 Å². The SMILES string of the molecule is Cc1ccc(NC(=O)[C@H]2CC(=O)Nc3nc(SCc4ccccc4C)[nH]c(=O)c32)cc1. The maximum Gasteiger partial charge on any atom is 0.257 e. The zero-order valence-corrected chi connectivity index (χ0v) is 18.0. The number of aromatic nitrogens is 2. The second-order valence-corrected chi connectivity index (χ2v) is 8.47. The van der Waals surface area contributed by atoms with Crippen LogP contribution in [0.5, 0.6) is 0 Å². The highest BCUT2D eigenvalue weighted by Crippen LogP contribution is 2.31. The summed E-state index contributed by atoms with van der Waals surface area (Å²) in [5.74, 6) is -0.884. The normalized spacial score (nSPS) is 15.2. The Bertz CT molecular complexity index is 1200. The number of aryl methyl sites for hydroxylation is 2. The summed E-state index contributed by atoms with van der Waals surface area (Å²) in [6.07, 6.45) is -0.106. The van der Waals surface area contributed by atoms with Crippen LogP contribution in [0.1, 0.15) is 34.6 Å². The second-order valence-electron chi connectivity index (χ2n) is 7.51. The Morgan fingerprint density at radius 1 is 1.13 bits per heavy atom. The van der Waals surface area contributed by atoms with Gasteiger partial charge in [0, 0.05) is 17.9 Å². The average molecular weight is 435 g/mol. The van der Waals surface area contributed by atoms with Crippen LogP contribution in [0.15, 0.2) is 58.5 Å². The average Bonchev–Trinajstić information content (AvgIpc) is 2.74. The maximum atomic E-state index is 12.9. The monoisotopic (exact) mass is 434 g/mol. The molecule has 2 amide bonds. The van der Waals surface area contributed by atoms with E-state index in [1.165, 1.54) is 11.8 Å². The Morgan fingerprint density at radius 3 is 2.61 bits per heavy atom. The second kappa shape index (κ2) is 8.77. The van der Waals surface area contributed by atoms with Crippen molar-refractivity contribution in [1.82, 2.24) is 9.97 Å². The predicted molar refractivity (Wildman–Crippen MR) is 121 cm³/mol. The van der Waals surface area contributed by atoms with Gasteiger partial charge in [0.05, 0.1) is 11.5 Å². The van der Waals surface area contributed by atoms with E-state index in [1.54, 1.807) is 12.1 Å². The van der Waals surface area contributed by atoms with Gasteiger partial charge in [0.2, 0.25) is 11.8 Å². The van der Waals surface area contributed by atoms with Gasteiger partial charge >= 0.3 is 0 Å². The lowest BCUT2D eigenvalue weighted by molar-refractivity contribution is -0.123. The van der Waals surface area contributed by atoms with Gasteiger partial charge in [-0.15, -0.1) is 0 Å². The van der Waals surface area contributed by atoms with Crippen molar-refractivity contribution in [3.8, 4) is 0 Å². The van der Waals surface area contributed by atoms with Crippen molar-refractivity contribution in [1.29, 1.82) is 0 Å². The van der Waals surface area contributed by atoms with Crippen LogP contribution >= 0.6 is 11.8 Å². The third-order valence-electron chi connectivity index (χ3n) is 5.19. The fraction of sp³-hybridized carbons (Fsp3) is 0.217. The molecule has 2 aromatic carbocycles. The minimum absolute atomic E-state index is 0.106. The number of nitrogens with one attached hydrogen (secondary N) is 3. The number of hydrogen-bond donors (Lipinski definition) is 3. The molecule has 0 unspecified atom stereocenters. The number of rotatable bonds is 5. The van der Waals surface area contributed by atoms with Gasteiger partial charge in [0.25, 0.3) is 5.56 Å². The Hall–Kier alpha value is -3.39. The minimum atomic E-state index is -0.906. The Balaban J connectivity index is 1.58. The molecular formula is C23H22N4O3S. The Morgan fingerprint density at radius 2 is 1.87 bits per heavy atom. The molecule has 0 bridgehead atoms. The smallest absolute Gasteiger partial charge is 0.257 e. The van der Waals surface area contributed by atoms with Crippen molar-refractivity contribution < 1.29 is 9.59 Å².